The normalized spacial score (nSPS) is 12.9. The van der Waals surface area contributed by atoms with Gasteiger partial charge in [0.1, 0.15) is 11.6 Å². The molecule has 1 aliphatic carbocycles. The number of benzene rings is 2. The largest absolute Gasteiger partial charge is 0.493 e. The molecule has 1 saturated carbocycles. The van der Waals surface area contributed by atoms with E-state index in [0.29, 0.717) is 22.6 Å². The van der Waals surface area contributed by atoms with Crippen molar-refractivity contribution in [1.82, 2.24) is 9.97 Å². The van der Waals surface area contributed by atoms with Crippen LogP contribution in [-0.4, -0.2) is 29.3 Å². The topological polar surface area (TPSA) is 129 Å². The number of esters is 1. The van der Waals surface area contributed by atoms with Gasteiger partial charge in [-0.05, 0) is 36.6 Å². The molecule has 2 aromatic carbocycles. The fourth-order valence-corrected chi connectivity index (χ4v) is 2.96. The van der Waals surface area contributed by atoms with Gasteiger partial charge in [0.05, 0.1) is 24.9 Å². The van der Waals surface area contributed by atoms with Crippen LogP contribution in [0.15, 0.2) is 58.4 Å². The molecule has 0 aliphatic heterocycles. The van der Waals surface area contributed by atoms with Crippen LogP contribution in [0.4, 0.5) is 5.95 Å². The maximum Gasteiger partial charge on any atom is 0.314 e. The number of ether oxygens (including phenoxy) is 2. The maximum atomic E-state index is 12.3. The van der Waals surface area contributed by atoms with Crippen molar-refractivity contribution in [3.8, 4) is 28.8 Å². The first kappa shape index (κ1) is 20.8. The van der Waals surface area contributed by atoms with E-state index in [-0.39, 0.29) is 29.1 Å². The molecule has 1 aromatic heterocycles. The molecule has 2 N–H and O–H groups in total. The number of hydrazone groups is 1. The highest BCUT2D eigenvalue weighted by Crippen LogP contribution is 2.34. The van der Waals surface area contributed by atoms with Gasteiger partial charge >= 0.3 is 5.97 Å². The van der Waals surface area contributed by atoms with E-state index in [1.54, 1.807) is 42.5 Å². The Bertz CT molecular complexity index is 1270. The number of hydrogen-bond donors (Lipinski definition) is 2. The molecule has 0 spiro atoms. The van der Waals surface area contributed by atoms with Crippen LogP contribution >= 0.6 is 0 Å². The smallest absolute Gasteiger partial charge is 0.314 e. The van der Waals surface area contributed by atoms with E-state index in [1.165, 1.54) is 13.3 Å². The minimum absolute atomic E-state index is 0.0204. The molecule has 0 amide bonds. The maximum absolute atomic E-state index is 12.3. The fourth-order valence-electron chi connectivity index (χ4n) is 2.96. The van der Waals surface area contributed by atoms with Crippen molar-refractivity contribution in [2.24, 2.45) is 11.0 Å². The third kappa shape index (κ3) is 4.65. The minimum Gasteiger partial charge on any atom is -0.493 e. The Labute approximate surface area is 183 Å². The fraction of sp³-hybridized carbons (Fsp3) is 0.174. The second-order valence-electron chi connectivity index (χ2n) is 7.09. The van der Waals surface area contributed by atoms with Crippen LogP contribution in [0.2, 0.25) is 0 Å². The van der Waals surface area contributed by atoms with Gasteiger partial charge in [0.15, 0.2) is 11.5 Å². The number of carbonyl (C=O) groups excluding carboxylic acids is 1. The van der Waals surface area contributed by atoms with Crippen LogP contribution in [0.3, 0.4) is 0 Å². The van der Waals surface area contributed by atoms with Gasteiger partial charge < -0.3 is 9.47 Å². The molecule has 0 unspecified atom stereocenters. The Kier molecular flexibility index (Phi) is 5.94. The average Bonchev–Trinajstić information content (AvgIpc) is 3.66. The lowest BCUT2D eigenvalue weighted by Gasteiger charge is -2.09. The SMILES string of the molecule is COc1cc(C=NNc2nc(-c3ccccc3)c(C#N)c(=O)[nH]2)ccc1OC(=O)C1CC1. The second-order valence-corrected chi connectivity index (χ2v) is 7.09. The van der Waals surface area contributed by atoms with Crippen molar-refractivity contribution >= 4 is 18.1 Å². The molecule has 4 rings (SSSR count). The summed E-state index contributed by atoms with van der Waals surface area (Å²) in [5, 5.41) is 13.4. The van der Waals surface area contributed by atoms with Crippen molar-refractivity contribution in [1.29, 1.82) is 5.26 Å². The number of nitriles is 1. The lowest BCUT2D eigenvalue weighted by Crippen LogP contribution is -2.16. The highest BCUT2D eigenvalue weighted by Gasteiger charge is 2.32. The summed E-state index contributed by atoms with van der Waals surface area (Å²) < 4.78 is 10.7. The molecule has 9 heteroatoms. The number of anilines is 1. The van der Waals surface area contributed by atoms with Crippen LogP contribution in [-0.2, 0) is 4.79 Å². The molecule has 1 aliphatic rings. The van der Waals surface area contributed by atoms with Gasteiger partial charge in [0, 0.05) is 5.56 Å². The summed E-state index contributed by atoms with van der Waals surface area (Å²) in [4.78, 5) is 31.0. The summed E-state index contributed by atoms with van der Waals surface area (Å²) in [5.74, 6) is 0.565. The first-order valence-electron chi connectivity index (χ1n) is 9.87. The highest BCUT2D eigenvalue weighted by atomic mass is 16.6. The zero-order valence-electron chi connectivity index (χ0n) is 17.2. The zero-order valence-corrected chi connectivity index (χ0v) is 17.2. The van der Waals surface area contributed by atoms with E-state index in [0.717, 1.165) is 12.8 Å². The predicted molar refractivity (Wildman–Crippen MR) is 118 cm³/mol. The van der Waals surface area contributed by atoms with Crippen molar-refractivity contribution in [3.63, 3.8) is 0 Å². The van der Waals surface area contributed by atoms with E-state index < -0.39 is 5.56 Å². The Balaban J connectivity index is 1.52. The van der Waals surface area contributed by atoms with Gasteiger partial charge in [0.25, 0.3) is 5.56 Å². The van der Waals surface area contributed by atoms with Gasteiger partial charge in [-0.2, -0.15) is 10.4 Å². The molecule has 1 heterocycles. The Morgan fingerprint density at radius 1 is 1.25 bits per heavy atom. The van der Waals surface area contributed by atoms with Gasteiger partial charge in [-0.15, -0.1) is 0 Å². The Morgan fingerprint density at radius 2 is 2.03 bits per heavy atom. The zero-order chi connectivity index (χ0) is 22.5. The number of H-pyrrole nitrogens is 1. The first-order valence-corrected chi connectivity index (χ1v) is 9.87. The van der Waals surface area contributed by atoms with Crippen molar-refractivity contribution in [2.45, 2.75) is 12.8 Å². The Hall–Kier alpha value is -4.45. The second kappa shape index (κ2) is 9.14. The molecular formula is C23H19N5O4. The number of methoxy groups -OCH3 is 1. The molecule has 0 atom stereocenters. The third-order valence-corrected chi connectivity index (χ3v) is 4.77. The quantitative estimate of drug-likeness (QED) is 0.255. The van der Waals surface area contributed by atoms with Gasteiger partial charge in [-0.1, -0.05) is 30.3 Å². The molecule has 0 radical (unpaired) electrons. The van der Waals surface area contributed by atoms with Crippen LogP contribution in [0.5, 0.6) is 11.5 Å². The molecule has 0 bridgehead atoms. The molecular weight excluding hydrogens is 410 g/mol. The standard InChI is InChI=1S/C23H19N5O4/c1-31-19-11-14(7-10-18(19)32-22(30)16-8-9-16)13-25-28-23-26-20(15-5-3-2-4-6-15)17(12-24)21(29)27-23/h2-7,10-11,13,16H,8-9H2,1H3,(H2,26,27,28,29). The molecule has 0 saturated heterocycles. The van der Waals surface area contributed by atoms with Crippen LogP contribution in [0.25, 0.3) is 11.3 Å². The molecule has 160 valence electrons. The molecule has 32 heavy (non-hydrogen) atoms. The van der Waals surface area contributed by atoms with Crippen molar-refractivity contribution in [2.75, 3.05) is 12.5 Å². The summed E-state index contributed by atoms with van der Waals surface area (Å²) >= 11 is 0. The molecule has 1 fully saturated rings. The Morgan fingerprint density at radius 3 is 2.72 bits per heavy atom. The van der Waals surface area contributed by atoms with E-state index in [1.807, 2.05) is 12.1 Å². The van der Waals surface area contributed by atoms with Gasteiger partial charge in [-0.3, -0.25) is 14.6 Å². The van der Waals surface area contributed by atoms with Crippen LogP contribution in [0, 0.1) is 17.2 Å². The van der Waals surface area contributed by atoms with Crippen molar-refractivity contribution < 1.29 is 14.3 Å². The summed E-state index contributed by atoms with van der Waals surface area (Å²) in [5.41, 5.74) is 3.60. The predicted octanol–water partition coefficient (Wildman–Crippen LogP) is 3.08. The molecule has 9 nitrogen and oxygen atoms in total. The summed E-state index contributed by atoms with van der Waals surface area (Å²) in [6.45, 7) is 0. The molecule has 3 aromatic rings. The van der Waals surface area contributed by atoms with Gasteiger partial charge in [0.2, 0.25) is 5.95 Å². The number of rotatable bonds is 7. The monoisotopic (exact) mass is 429 g/mol. The van der Waals surface area contributed by atoms with E-state index in [4.69, 9.17) is 9.47 Å². The van der Waals surface area contributed by atoms with Crippen LogP contribution in [0.1, 0.15) is 24.0 Å². The van der Waals surface area contributed by atoms with Crippen LogP contribution < -0.4 is 20.5 Å². The highest BCUT2D eigenvalue weighted by molar-refractivity contribution is 5.83. The number of aromatic amines is 1. The summed E-state index contributed by atoms with van der Waals surface area (Å²) in [6.07, 6.45) is 3.21. The number of aromatic nitrogens is 2. The van der Waals surface area contributed by atoms with E-state index >= 15 is 0 Å². The number of carbonyl (C=O) groups is 1. The number of hydrogen-bond acceptors (Lipinski definition) is 8. The van der Waals surface area contributed by atoms with E-state index in [2.05, 4.69) is 20.5 Å². The van der Waals surface area contributed by atoms with Crippen molar-refractivity contribution in [3.05, 3.63) is 70.0 Å². The number of nitrogens with one attached hydrogen (secondary N) is 2. The third-order valence-electron chi connectivity index (χ3n) is 4.77. The lowest BCUT2D eigenvalue weighted by molar-refractivity contribution is -0.135. The average molecular weight is 429 g/mol. The minimum atomic E-state index is -0.567. The van der Waals surface area contributed by atoms with Gasteiger partial charge in [-0.25, -0.2) is 10.4 Å². The summed E-state index contributed by atoms with van der Waals surface area (Å²) in [7, 11) is 1.49. The first-order chi connectivity index (χ1) is 15.6. The number of nitrogens with zero attached hydrogens (tertiary/aromatic N) is 3. The van der Waals surface area contributed by atoms with E-state index in [9.17, 15) is 14.9 Å². The summed E-state index contributed by atoms with van der Waals surface area (Å²) in [6, 6.07) is 15.9. The lowest BCUT2D eigenvalue weighted by atomic mass is 10.1.